The third-order valence-electron chi connectivity index (χ3n) is 5.37. The van der Waals surface area contributed by atoms with Gasteiger partial charge < -0.3 is 5.32 Å². The van der Waals surface area contributed by atoms with E-state index in [2.05, 4.69) is 58.0 Å². The molecule has 2 aromatic heterocycles. The first kappa shape index (κ1) is 18.9. The molecule has 0 unspecified atom stereocenters. The second kappa shape index (κ2) is 8.29. The molecule has 0 atom stereocenters. The topological polar surface area (TPSA) is 50.2 Å². The number of hydrogen-bond donors (Lipinski definition) is 1. The van der Waals surface area contributed by atoms with E-state index in [9.17, 15) is 4.79 Å². The van der Waals surface area contributed by atoms with Gasteiger partial charge in [0, 0.05) is 42.7 Å². The van der Waals surface area contributed by atoms with Crippen LogP contribution in [0.2, 0.25) is 0 Å². The summed E-state index contributed by atoms with van der Waals surface area (Å²) < 4.78 is 1.86. The minimum Gasteiger partial charge on any atom is -0.349 e. The molecule has 1 aliphatic carbocycles. The molecule has 3 aromatic rings. The summed E-state index contributed by atoms with van der Waals surface area (Å²) in [5.41, 5.74) is 5.30. The van der Waals surface area contributed by atoms with Crippen molar-refractivity contribution in [3.63, 3.8) is 0 Å². The summed E-state index contributed by atoms with van der Waals surface area (Å²) in [7, 11) is 1.93. The molecule has 0 saturated heterocycles. The van der Waals surface area contributed by atoms with Gasteiger partial charge in [-0.05, 0) is 36.4 Å². The molecule has 146 valence electrons. The molecule has 1 aliphatic rings. The fourth-order valence-corrected chi connectivity index (χ4v) is 4.79. The Balaban J connectivity index is 1.39. The Hall–Kier alpha value is -2.44. The molecule has 6 heteroatoms. The lowest BCUT2D eigenvalue weighted by molar-refractivity contribution is 0.0941. The molecular formula is C22H26N4OS. The molecule has 0 bridgehead atoms. The van der Waals surface area contributed by atoms with E-state index in [1.165, 1.54) is 16.0 Å². The second-order valence-corrected chi connectivity index (χ2v) is 8.17. The summed E-state index contributed by atoms with van der Waals surface area (Å²) in [5.74, 6) is -0.0636. The Morgan fingerprint density at radius 2 is 2.07 bits per heavy atom. The van der Waals surface area contributed by atoms with E-state index in [0.717, 1.165) is 43.7 Å². The first-order chi connectivity index (χ1) is 13.7. The van der Waals surface area contributed by atoms with Crippen LogP contribution in [0.1, 0.15) is 33.4 Å². The average molecular weight is 395 g/mol. The van der Waals surface area contributed by atoms with E-state index in [1.807, 2.05) is 17.8 Å². The van der Waals surface area contributed by atoms with Crippen molar-refractivity contribution < 1.29 is 4.79 Å². The maximum Gasteiger partial charge on any atom is 0.272 e. The lowest BCUT2D eigenvalue weighted by Gasteiger charge is -2.20. The first-order valence-electron chi connectivity index (χ1n) is 9.84. The number of thiophene rings is 1. The van der Waals surface area contributed by atoms with Crippen LogP contribution in [0.4, 0.5) is 0 Å². The Bertz CT molecular complexity index is 960. The Kier molecular flexibility index (Phi) is 5.59. The van der Waals surface area contributed by atoms with Gasteiger partial charge in [-0.1, -0.05) is 37.3 Å². The highest BCUT2D eigenvalue weighted by atomic mass is 32.1. The molecule has 5 nitrogen and oxygen atoms in total. The van der Waals surface area contributed by atoms with Crippen LogP contribution in [-0.4, -0.2) is 40.2 Å². The van der Waals surface area contributed by atoms with Gasteiger partial charge in [-0.2, -0.15) is 5.10 Å². The molecule has 1 amide bonds. The SMILES string of the molecule is CCN(CCNC(=O)c1nn(C)c2c1CCc1sccc1-2)Cc1ccccc1. The van der Waals surface area contributed by atoms with E-state index in [-0.39, 0.29) is 5.91 Å². The highest BCUT2D eigenvalue weighted by molar-refractivity contribution is 7.10. The number of amides is 1. The number of hydrogen-bond acceptors (Lipinski definition) is 4. The van der Waals surface area contributed by atoms with Gasteiger partial charge >= 0.3 is 0 Å². The summed E-state index contributed by atoms with van der Waals surface area (Å²) in [4.78, 5) is 16.5. The average Bonchev–Trinajstić information content (AvgIpc) is 3.32. The first-order valence-corrected chi connectivity index (χ1v) is 10.7. The molecular weight excluding hydrogens is 368 g/mol. The zero-order chi connectivity index (χ0) is 19.5. The Morgan fingerprint density at radius 1 is 1.25 bits per heavy atom. The van der Waals surface area contributed by atoms with Gasteiger partial charge in [-0.15, -0.1) is 11.3 Å². The molecule has 1 aromatic carbocycles. The maximum absolute atomic E-state index is 12.8. The molecule has 1 N–H and O–H groups in total. The zero-order valence-corrected chi connectivity index (χ0v) is 17.3. The van der Waals surface area contributed by atoms with Crippen molar-refractivity contribution in [2.75, 3.05) is 19.6 Å². The van der Waals surface area contributed by atoms with Gasteiger partial charge in [-0.3, -0.25) is 14.4 Å². The Labute approximate surface area is 170 Å². The van der Waals surface area contributed by atoms with Crippen LogP contribution in [0, 0.1) is 0 Å². The van der Waals surface area contributed by atoms with Gasteiger partial charge in [-0.25, -0.2) is 0 Å². The molecule has 0 spiro atoms. The van der Waals surface area contributed by atoms with Gasteiger partial charge in [0.25, 0.3) is 5.91 Å². The fraction of sp³-hybridized carbons (Fsp3) is 0.364. The van der Waals surface area contributed by atoms with Gasteiger partial charge in [0.2, 0.25) is 0 Å². The summed E-state index contributed by atoms with van der Waals surface area (Å²) in [6.07, 6.45) is 1.88. The summed E-state index contributed by atoms with van der Waals surface area (Å²) in [6.45, 7) is 5.44. The molecule has 0 radical (unpaired) electrons. The van der Waals surface area contributed by atoms with E-state index in [4.69, 9.17) is 0 Å². The quantitative estimate of drug-likeness (QED) is 0.667. The van der Waals surface area contributed by atoms with Crippen LogP contribution in [0.25, 0.3) is 11.3 Å². The molecule has 0 aliphatic heterocycles. The standard InChI is InChI=1S/C22H26N4OS/c1-3-26(15-16-7-5-4-6-8-16)13-12-23-22(27)20-18-9-10-19-17(11-14-28-19)21(18)25(2)24-20/h4-8,11,14H,3,9-10,12-13,15H2,1-2H3,(H,23,27). The predicted molar refractivity (Wildman–Crippen MR) is 114 cm³/mol. The van der Waals surface area contributed by atoms with Crippen molar-refractivity contribution in [2.45, 2.75) is 26.3 Å². The number of aryl methyl sites for hydroxylation is 2. The van der Waals surface area contributed by atoms with Gasteiger partial charge in [0.1, 0.15) is 0 Å². The number of rotatable bonds is 7. The van der Waals surface area contributed by atoms with Crippen molar-refractivity contribution in [3.05, 3.63) is 63.5 Å². The minimum atomic E-state index is -0.0636. The van der Waals surface area contributed by atoms with Crippen molar-refractivity contribution in [2.24, 2.45) is 7.05 Å². The van der Waals surface area contributed by atoms with Crippen LogP contribution in [0.5, 0.6) is 0 Å². The molecule has 0 fully saturated rings. The molecule has 28 heavy (non-hydrogen) atoms. The number of likely N-dealkylation sites (N-methyl/N-ethyl adjacent to an activating group) is 1. The molecule has 4 rings (SSSR count). The minimum absolute atomic E-state index is 0.0636. The van der Waals surface area contributed by atoms with Crippen LogP contribution in [-0.2, 0) is 26.4 Å². The predicted octanol–water partition coefficient (Wildman–Crippen LogP) is 3.50. The number of benzene rings is 1. The normalized spacial score (nSPS) is 12.7. The highest BCUT2D eigenvalue weighted by Crippen LogP contribution is 2.37. The summed E-state index contributed by atoms with van der Waals surface area (Å²) in [5, 5.41) is 9.75. The van der Waals surface area contributed by atoms with Crippen molar-refractivity contribution in [1.82, 2.24) is 20.0 Å². The summed E-state index contributed by atoms with van der Waals surface area (Å²) >= 11 is 1.79. The molecule has 0 saturated carbocycles. The number of carbonyl (C=O) groups is 1. The number of carbonyl (C=O) groups excluding carboxylic acids is 1. The largest absolute Gasteiger partial charge is 0.349 e. The van der Waals surface area contributed by atoms with E-state index in [0.29, 0.717) is 12.2 Å². The number of fused-ring (bicyclic) bond motifs is 3. The third-order valence-corrected chi connectivity index (χ3v) is 6.35. The zero-order valence-electron chi connectivity index (χ0n) is 16.4. The van der Waals surface area contributed by atoms with Gasteiger partial charge in [0.15, 0.2) is 5.69 Å². The van der Waals surface area contributed by atoms with Crippen molar-refractivity contribution >= 4 is 17.2 Å². The lowest BCUT2D eigenvalue weighted by atomic mass is 9.94. The lowest BCUT2D eigenvalue weighted by Crippen LogP contribution is -2.35. The van der Waals surface area contributed by atoms with Crippen molar-refractivity contribution in [1.29, 1.82) is 0 Å². The van der Waals surface area contributed by atoms with Crippen LogP contribution in [0.3, 0.4) is 0 Å². The number of nitrogens with zero attached hydrogens (tertiary/aromatic N) is 3. The van der Waals surface area contributed by atoms with Crippen LogP contribution >= 0.6 is 11.3 Å². The Morgan fingerprint density at radius 3 is 2.86 bits per heavy atom. The smallest absolute Gasteiger partial charge is 0.272 e. The third kappa shape index (κ3) is 3.75. The number of aromatic nitrogens is 2. The monoisotopic (exact) mass is 394 g/mol. The second-order valence-electron chi connectivity index (χ2n) is 7.17. The maximum atomic E-state index is 12.8. The van der Waals surface area contributed by atoms with Crippen LogP contribution < -0.4 is 5.32 Å². The molecule has 2 heterocycles. The van der Waals surface area contributed by atoms with E-state index < -0.39 is 0 Å². The highest BCUT2D eigenvalue weighted by Gasteiger charge is 2.27. The van der Waals surface area contributed by atoms with Crippen LogP contribution in [0.15, 0.2) is 41.8 Å². The van der Waals surface area contributed by atoms with Crippen molar-refractivity contribution in [3.8, 4) is 11.3 Å². The van der Waals surface area contributed by atoms with E-state index >= 15 is 0 Å². The summed E-state index contributed by atoms with van der Waals surface area (Å²) in [6, 6.07) is 12.6. The van der Waals surface area contributed by atoms with Gasteiger partial charge in [0.05, 0.1) is 5.69 Å². The number of nitrogens with one attached hydrogen (secondary N) is 1. The fourth-order valence-electron chi connectivity index (χ4n) is 3.91. The van der Waals surface area contributed by atoms with E-state index in [1.54, 1.807) is 11.3 Å².